The summed E-state index contributed by atoms with van der Waals surface area (Å²) in [6.07, 6.45) is 3.63. The number of fused-ring (bicyclic) bond motifs is 1. The van der Waals surface area contributed by atoms with Gasteiger partial charge in [0.2, 0.25) is 0 Å². The summed E-state index contributed by atoms with van der Waals surface area (Å²) in [4.78, 5) is 28.1. The zero-order valence-corrected chi connectivity index (χ0v) is 16.1. The van der Waals surface area contributed by atoms with Gasteiger partial charge in [-0.05, 0) is 43.7 Å². The molecule has 1 aromatic rings. The van der Waals surface area contributed by atoms with Crippen LogP contribution in [0.2, 0.25) is 0 Å². The standard InChI is InChI=1S/C17H16N2O3S3/c1-3-18-11-8-10(2)4-5-12(11)24-14(18)7-6-13-16(22)19(9-15(20)21)17(23)25-13/h4-8H,3,9H2,1-2H3,(H,20,21)/b13-6+,14-7-. The van der Waals surface area contributed by atoms with Crippen molar-refractivity contribution in [1.82, 2.24) is 4.90 Å². The first-order chi connectivity index (χ1) is 11.9. The third-order valence-corrected chi connectivity index (χ3v) is 6.27. The first kappa shape index (κ1) is 18.0. The molecule has 2 aliphatic rings. The summed E-state index contributed by atoms with van der Waals surface area (Å²) < 4.78 is 0.280. The number of rotatable bonds is 4. The van der Waals surface area contributed by atoms with Crippen molar-refractivity contribution in [2.45, 2.75) is 18.7 Å². The molecule has 8 heteroatoms. The molecule has 1 N–H and O–H groups in total. The maximum absolute atomic E-state index is 12.3. The molecule has 0 atom stereocenters. The van der Waals surface area contributed by atoms with E-state index in [2.05, 4.69) is 36.9 Å². The van der Waals surface area contributed by atoms with Gasteiger partial charge >= 0.3 is 5.97 Å². The smallest absolute Gasteiger partial charge is 0.323 e. The van der Waals surface area contributed by atoms with Gasteiger partial charge in [-0.15, -0.1) is 0 Å². The predicted octanol–water partition coefficient (Wildman–Crippen LogP) is 3.60. The Bertz CT molecular complexity index is 832. The maximum atomic E-state index is 12.3. The molecule has 3 rings (SSSR count). The number of carboxylic acids is 1. The largest absolute Gasteiger partial charge is 0.480 e. The topological polar surface area (TPSA) is 60.9 Å². The SMILES string of the molecule is CCN1/C(=C/C=C2/SC(=S)N(CC(=O)O)C2=O)Sc2ccc(C)cc21. The lowest BCUT2D eigenvalue weighted by Crippen LogP contribution is -2.33. The summed E-state index contributed by atoms with van der Waals surface area (Å²) in [5.74, 6) is -1.43. The van der Waals surface area contributed by atoms with Crippen molar-refractivity contribution in [3.63, 3.8) is 0 Å². The number of carbonyl (C=O) groups is 2. The van der Waals surface area contributed by atoms with Crippen LogP contribution in [0.25, 0.3) is 0 Å². The molecule has 2 heterocycles. The lowest BCUT2D eigenvalue weighted by molar-refractivity contribution is -0.140. The van der Waals surface area contributed by atoms with Crippen molar-refractivity contribution in [3.8, 4) is 0 Å². The quantitative estimate of drug-likeness (QED) is 0.620. The Balaban J connectivity index is 1.85. The molecule has 0 unspecified atom stereocenters. The van der Waals surface area contributed by atoms with Gasteiger partial charge in [0.15, 0.2) is 0 Å². The van der Waals surface area contributed by atoms with E-state index in [0.29, 0.717) is 4.91 Å². The Morgan fingerprint density at radius 2 is 2.04 bits per heavy atom. The molecule has 0 saturated carbocycles. The number of thioether (sulfide) groups is 2. The molecule has 0 spiro atoms. The minimum absolute atomic E-state index is 0.280. The van der Waals surface area contributed by atoms with Crippen LogP contribution >= 0.6 is 35.7 Å². The number of anilines is 1. The summed E-state index contributed by atoms with van der Waals surface area (Å²) >= 11 is 7.90. The number of benzene rings is 1. The average molecular weight is 393 g/mol. The number of thiocarbonyl (C=S) groups is 1. The van der Waals surface area contributed by atoms with E-state index in [0.717, 1.165) is 28.2 Å². The van der Waals surface area contributed by atoms with E-state index in [4.69, 9.17) is 17.3 Å². The Hall–Kier alpha value is -1.77. The van der Waals surface area contributed by atoms with Gasteiger partial charge in [0.05, 0.1) is 15.6 Å². The Morgan fingerprint density at radius 3 is 2.72 bits per heavy atom. The van der Waals surface area contributed by atoms with Crippen molar-refractivity contribution in [2.75, 3.05) is 18.0 Å². The van der Waals surface area contributed by atoms with E-state index < -0.39 is 12.5 Å². The summed E-state index contributed by atoms with van der Waals surface area (Å²) in [6.45, 7) is 4.56. The minimum atomic E-state index is -1.08. The molecule has 0 bridgehead atoms. The maximum Gasteiger partial charge on any atom is 0.323 e. The second kappa shape index (κ2) is 7.23. The fraction of sp³-hybridized carbons (Fsp3) is 0.235. The first-order valence-electron chi connectivity index (χ1n) is 7.64. The van der Waals surface area contributed by atoms with E-state index in [1.165, 1.54) is 16.1 Å². The number of nitrogens with zero attached hydrogens (tertiary/aromatic N) is 2. The van der Waals surface area contributed by atoms with Gasteiger partial charge in [-0.1, -0.05) is 41.8 Å². The van der Waals surface area contributed by atoms with Crippen LogP contribution in [0.1, 0.15) is 12.5 Å². The van der Waals surface area contributed by atoms with Crippen LogP contribution in [0.5, 0.6) is 0 Å². The van der Waals surface area contributed by atoms with Crippen LogP contribution in [0.3, 0.4) is 0 Å². The number of hydrogen-bond acceptors (Lipinski definition) is 6. The summed E-state index contributed by atoms with van der Waals surface area (Å²) in [5.41, 5.74) is 2.37. The summed E-state index contributed by atoms with van der Waals surface area (Å²) in [7, 11) is 0. The lowest BCUT2D eigenvalue weighted by atomic mass is 10.2. The van der Waals surface area contributed by atoms with Gasteiger partial charge in [-0.3, -0.25) is 14.5 Å². The molecule has 130 valence electrons. The molecule has 0 aliphatic carbocycles. The Kier molecular flexibility index (Phi) is 5.21. The number of aliphatic carboxylic acids is 1. The molecule has 0 aromatic heterocycles. The molecule has 1 aromatic carbocycles. The second-order valence-corrected chi connectivity index (χ2v) is 8.24. The van der Waals surface area contributed by atoms with Gasteiger partial charge in [-0.25, -0.2) is 0 Å². The van der Waals surface area contributed by atoms with Crippen LogP contribution in [-0.2, 0) is 9.59 Å². The Morgan fingerprint density at radius 1 is 1.28 bits per heavy atom. The molecule has 1 saturated heterocycles. The zero-order chi connectivity index (χ0) is 18.1. The van der Waals surface area contributed by atoms with E-state index in [1.807, 2.05) is 6.08 Å². The first-order valence-corrected chi connectivity index (χ1v) is 9.68. The molecule has 1 amide bonds. The number of carboxylic acid groups (broad SMARTS) is 1. The zero-order valence-electron chi connectivity index (χ0n) is 13.7. The average Bonchev–Trinajstić information content (AvgIpc) is 3.03. The number of amides is 1. The van der Waals surface area contributed by atoms with E-state index >= 15 is 0 Å². The normalized spacial score (nSPS) is 20.1. The molecule has 2 aliphatic heterocycles. The highest BCUT2D eigenvalue weighted by molar-refractivity contribution is 8.26. The van der Waals surface area contributed by atoms with Gasteiger partial charge in [0.25, 0.3) is 5.91 Å². The molecule has 1 fully saturated rings. The molecular weight excluding hydrogens is 376 g/mol. The van der Waals surface area contributed by atoms with Crippen LogP contribution in [-0.4, -0.2) is 39.3 Å². The van der Waals surface area contributed by atoms with Gasteiger partial charge in [0, 0.05) is 11.4 Å². The van der Waals surface area contributed by atoms with Gasteiger partial charge < -0.3 is 10.0 Å². The van der Waals surface area contributed by atoms with E-state index in [9.17, 15) is 9.59 Å². The number of carbonyl (C=O) groups excluding carboxylic acids is 1. The van der Waals surface area contributed by atoms with Crippen LogP contribution in [0.4, 0.5) is 5.69 Å². The molecule has 0 radical (unpaired) electrons. The fourth-order valence-corrected chi connectivity index (χ4v) is 4.90. The fourth-order valence-electron chi connectivity index (χ4n) is 2.59. The van der Waals surface area contributed by atoms with Crippen LogP contribution in [0, 0.1) is 6.92 Å². The molecule has 25 heavy (non-hydrogen) atoms. The van der Waals surface area contributed by atoms with E-state index in [-0.39, 0.29) is 10.2 Å². The third kappa shape index (κ3) is 3.61. The monoisotopic (exact) mass is 392 g/mol. The van der Waals surface area contributed by atoms with Crippen molar-refractivity contribution in [3.05, 3.63) is 45.8 Å². The Labute approximate surface area is 159 Å². The van der Waals surface area contributed by atoms with Crippen LogP contribution < -0.4 is 4.90 Å². The van der Waals surface area contributed by atoms with Gasteiger partial charge in [-0.2, -0.15) is 0 Å². The lowest BCUT2D eigenvalue weighted by Gasteiger charge is -2.18. The highest BCUT2D eigenvalue weighted by Gasteiger charge is 2.33. The number of aryl methyl sites for hydroxylation is 1. The summed E-state index contributed by atoms with van der Waals surface area (Å²) in [6, 6.07) is 6.34. The van der Waals surface area contributed by atoms with Gasteiger partial charge in [0.1, 0.15) is 10.9 Å². The summed E-state index contributed by atoms with van der Waals surface area (Å²) in [5, 5.41) is 9.92. The van der Waals surface area contributed by atoms with E-state index in [1.54, 1.807) is 17.8 Å². The van der Waals surface area contributed by atoms with Crippen molar-refractivity contribution in [2.24, 2.45) is 0 Å². The highest BCUT2D eigenvalue weighted by Crippen LogP contribution is 2.46. The molecule has 5 nitrogen and oxygen atoms in total. The van der Waals surface area contributed by atoms with Crippen molar-refractivity contribution in [1.29, 1.82) is 0 Å². The predicted molar refractivity (Wildman–Crippen MR) is 106 cm³/mol. The number of allylic oxidation sites excluding steroid dienone is 2. The third-order valence-electron chi connectivity index (χ3n) is 3.75. The van der Waals surface area contributed by atoms with Crippen molar-refractivity contribution >= 4 is 57.6 Å². The number of hydrogen-bond donors (Lipinski definition) is 1. The van der Waals surface area contributed by atoms with Crippen molar-refractivity contribution < 1.29 is 14.7 Å². The minimum Gasteiger partial charge on any atom is -0.480 e. The highest BCUT2D eigenvalue weighted by atomic mass is 32.2. The second-order valence-electron chi connectivity index (χ2n) is 5.51. The van der Waals surface area contributed by atoms with Crippen LogP contribution in [0.15, 0.2) is 45.2 Å². The molecular formula is C17H16N2O3S3.